The van der Waals surface area contributed by atoms with Gasteiger partial charge in [-0.1, -0.05) is 12.8 Å². The minimum atomic E-state index is 0.268. The van der Waals surface area contributed by atoms with E-state index in [1.165, 1.54) is 31.4 Å². The van der Waals surface area contributed by atoms with Crippen molar-refractivity contribution in [3.05, 3.63) is 21.6 Å². The van der Waals surface area contributed by atoms with Crippen LogP contribution in [-0.2, 0) is 12.8 Å². The van der Waals surface area contributed by atoms with Gasteiger partial charge in [0.05, 0.1) is 6.04 Å². The van der Waals surface area contributed by atoms with E-state index in [0.717, 1.165) is 24.8 Å². The van der Waals surface area contributed by atoms with Crippen molar-refractivity contribution in [1.82, 2.24) is 9.78 Å². The van der Waals surface area contributed by atoms with Crippen LogP contribution in [-0.4, -0.2) is 9.78 Å². The van der Waals surface area contributed by atoms with E-state index in [4.69, 9.17) is 0 Å². The fourth-order valence-electron chi connectivity index (χ4n) is 2.86. The molecule has 0 unspecified atom stereocenters. The highest BCUT2D eigenvalue weighted by atomic mass is 16.1. The van der Waals surface area contributed by atoms with Gasteiger partial charge in [-0.15, -0.1) is 0 Å². The van der Waals surface area contributed by atoms with Crippen molar-refractivity contribution in [2.24, 2.45) is 0 Å². The van der Waals surface area contributed by atoms with Crippen molar-refractivity contribution in [3.8, 4) is 0 Å². The number of aromatic amines is 1. The van der Waals surface area contributed by atoms with Crippen LogP contribution in [0.1, 0.15) is 49.4 Å². The topological polar surface area (TPSA) is 37.8 Å². The van der Waals surface area contributed by atoms with E-state index < -0.39 is 0 Å². The second-order valence-corrected chi connectivity index (χ2v) is 4.54. The first-order chi connectivity index (χ1) is 6.86. The van der Waals surface area contributed by atoms with Crippen LogP contribution in [0.5, 0.6) is 0 Å². The molecule has 0 radical (unpaired) electrons. The number of aryl methyl sites for hydroxylation is 1. The highest BCUT2D eigenvalue weighted by Crippen LogP contribution is 2.29. The molecule has 2 aliphatic rings. The highest BCUT2D eigenvalue weighted by molar-refractivity contribution is 5.22. The molecule has 1 aromatic rings. The molecule has 1 heterocycles. The molecule has 3 heteroatoms. The maximum atomic E-state index is 12.0. The van der Waals surface area contributed by atoms with Crippen LogP contribution in [0.3, 0.4) is 0 Å². The van der Waals surface area contributed by atoms with Crippen molar-refractivity contribution in [3.63, 3.8) is 0 Å². The number of aromatic nitrogens is 2. The third kappa shape index (κ3) is 1.08. The molecule has 0 aromatic carbocycles. The summed E-state index contributed by atoms with van der Waals surface area (Å²) < 4.78 is 1.90. The maximum Gasteiger partial charge on any atom is 0.270 e. The summed E-state index contributed by atoms with van der Waals surface area (Å²) in [5.41, 5.74) is 2.54. The molecule has 1 saturated carbocycles. The molecular formula is C11H16N2O. The third-order valence-electron chi connectivity index (χ3n) is 3.64. The van der Waals surface area contributed by atoms with E-state index in [1.807, 2.05) is 4.68 Å². The van der Waals surface area contributed by atoms with Crippen LogP contribution in [0.4, 0.5) is 0 Å². The largest absolute Gasteiger partial charge is 0.299 e. The van der Waals surface area contributed by atoms with E-state index in [-0.39, 0.29) is 5.56 Å². The fraction of sp³-hybridized carbons (Fsp3) is 0.727. The Morgan fingerprint density at radius 3 is 2.64 bits per heavy atom. The molecule has 0 saturated heterocycles. The number of nitrogens with zero attached hydrogens (tertiary/aromatic N) is 1. The standard InChI is InChI=1S/C11H16N2O/c14-11-9-6-3-7-10(9)12-13(11)8-4-1-2-5-8/h8,12H,1-7H2. The molecule has 1 aromatic heterocycles. The van der Waals surface area contributed by atoms with Gasteiger partial charge in [0.2, 0.25) is 0 Å². The van der Waals surface area contributed by atoms with Crippen molar-refractivity contribution in [2.75, 3.05) is 0 Å². The van der Waals surface area contributed by atoms with Gasteiger partial charge >= 0.3 is 0 Å². The second kappa shape index (κ2) is 3.01. The van der Waals surface area contributed by atoms with E-state index >= 15 is 0 Å². The molecule has 1 fully saturated rings. The third-order valence-corrected chi connectivity index (χ3v) is 3.64. The van der Waals surface area contributed by atoms with Gasteiger partial charge in [-0.3, -0.25) is 9.89 Å². The Balaban J connectivity index is 2.02. The van der Waals surface area contributed by atoms with Gasteiger partial charge in [-0.2, -0.15) is 0 Å². The van der Waals surface area contributed by atoms with Gasteiger partial charge in [-0.25, -0.2) is 4.68 Å². The molecule has 0 atom stereocenters. The first kappa shape index (κ1) is 8.33. The van der Waals surface area contributed by atoms with Crippen molar-refractivity contribution >= 4 is 0 Å². The molecule has 3 rings (SSSR count). The molecule has 76 valence electrons. The van der Waals surface area contributed by atoms with Gasteiger partial charge in [-0.05, 0) is 32.1 Å². The Morgan fingerprint density at radius 1 is 1.14 bits per heavy atom. The molecule has 1 N–H and O–H groups in total. The summed E-state index contributed by atoms with van der Waals surface area (Å²) in [5.74, 6) is 0. The zero-order valence-corrected chi connectivity index (χ0v) is 8.38. The predicted octanol–water partition coefficient (Wildman–Crippen LogP) is 1.78. The van der Waals surface area contributed by atoms with E-state index in [0.29, 0.717) is 6.04 Å². The van der Waals surface area contributed by atoms with Crippen LogP contribution in [0.25, 0.3) is 0 Å². The first-order valence-electron chi connectivity index (χ1n) is 5.68. The fourth-order valence-corrected chi connectivity index (χ4v) is 2.86. The summed E-state index contributed by atoms with van der Waals surface area (Å²) in [6, 6.07) is 0.466. The Kier molecular flexibility index (Phi) is 1.79. The number of hydrogen-bond acceptors (Lipinski definition) is 1. The summed E-state index contributed by atoms with van der Waals surface area (Å²) in [7, 11) is 0. The predicted molar refractivity (Wildman–Crippen MR) is 54.6 cm³/mol. The summed E-state index contributed by atoms with van der Waals surface area (Å²) >= 11 is 0. The lowest BCUT2D eigenvalue weighted by Crippen LogP contribution is -2.22. The maximum absolute atomic E-state index is 12.0. The number of nitrogens with one attached hydrogen (secondary N) is 1. The average molecular weight is 192 g/mol. The first-order valence-corrected chi connectivity index (χ1v) is 5.68. The Hall–Kier alpha value is -0.990. The number of fused-ring (bicyclic) bond motifs is 1. The quantitative estimate of drug-likeness (QED) is 0.723. The normalized spacial score (nSPS) is 21.7. The van der Waals surface area contributed by atoms with Crippen LogP contribution < -0.4 is 5.56 Å². The van der Waals surface area contributed by atoms with Crippen molar-refractivity contribution < 1.29 is 0 Å². The molecule has 2 aliphatic carbocycles. The van der Waals surface area contributed by atoms with Gasteiger partial charge in [0, 0.05) is 11.3 Å². The minimum Gasteiger partial charge on any atom is -0.299 e. The van der Waals surface area contributed by atoms with Crippen LogP contribution in [0.2, 0.25) is 0 Å². The van der Waals surface area contributed by atoms with Crippen molar-refractivity contribution in [2.45, 2.75) is 51.0 Å². The van der Waals surface area contributed by atoms with E-state index in [1.54, 1.807) is 0 Å². The van der Waals surface area contributed by atoms with Gasteiger partial charge in [0.25, 0.3) is 5.56 Å². The Labute approximate surface area is 83.1 Å². The van der Waals surface area contributed by atoms with Gasteiger partial charge in [0.1, 0.15) is 0 Å². The van der Waals surface area contributed by atoms with Gasteiger partial charge < -0.3 is 0 Å². The van der Waals surface area contributed by atoms with Gasteiger partial charge in [0.15, 0.2) is 0 Å². The summed E-state index contributed by atoms with van der Waals surface area (Å²) in [6.07, 6.45) is 8.14. The molecule has 0 amide bonds. The zero-order chi connectivity index (χ0) is 9.54. The monoisotopic (exact) mass is 192 g/mol. The Bertz CT molecular complexity index is 396. The molecule has 0 spiro atoms. The SMILES string of the molecule is O=c1c2c([nH]n1C1CCCC1)CCC2. The lowest BCUT2D eigenvalue weighted by molar-refractivity contribution is 0.448. The minimum absolute atomic E-state index is 0.268. The summed E-state index contributed by atoms with van der Waals surface area (Å²) in [5, 5.41) is 3.31. The number of hydrogen-bond donors (Lipinski definition) is 1. The molecule has 14 heavy (non-hydrogen) atoms. The van der Waals surface area contributed by atoms with E-state index in [9.17, 15) is 4.79 Å². The van der Waals surface area contributed by atoms with Crippen molar-refractivity contribution in [1.29, 1.82) is 0 Å². The van der Waals surface area contributed by atoms with Crippen LogP contribution in [0.15, 0.2) is 4.79 Å². The molecule has 0 bridgehead atoms. The highest BCUT2D eigenvalue weighted by Gasteiger charge is 2.24. The van der Waals surface area contributed by atoms with E-state index in [2.05, 4.69) is 5.10 Å². The van der Waals surface area contributed by atoms with Crippen LogP contribution in [0, 0.1) is 0 Å². The summed E-state index contributed by atoms with van der Waals surface area (Å²) in [4.78, 5) is 12.0. The molecule has 3 nitrogen and oxygen atoms in total. The average Bonchev–Trinajstić information content (AvgIpc) is 2.84. The van der Waals surface area contributed by atoms with Crippen LogP contribution >= 0.6 is 0 Å². The zero-order valence-electron chi connectivity index (χ0n) is 8.38. The summed E-state index contributed by atoms with van der Waals surface area (Å²) in [6.45, 7) is 0. The molecular weight excluding hydrogens is 176 g/mol. The number of rotatable bonds is 1. The lowest BCUT2D eigenvalue weighted by atomic mass is 10.2. The smallest absolute Gasteiger partial charge is 0.270 e. The molecule has 0 aliphatic heterocycles. The lowest BCUT2D eigenvalue weighted by Gasteiger charge is -2.09. The Morgan fingerprint density at radius 2 is 1.93 bits per heavy atom. The number of H-pyrrole nitrogens is 1. The second-order valence-electron chi connectivity index (χ2n) is 4.54.